The number of rotatable bonds is 8. The van der Waals surface area contributed by atoms with Gasteiger partial charge in [0.2, 0.25) is 5.91 Å². The number of benzene rings is 1. The summed E-state index contributed by atoms with van der Waals surface area (Å²) in [6.45, 7) is 4.55. The molecule has 5 heteroatoms. The number of hydrogen-bond acceptors (Lipinski definition) is 3. The highest BCUT2D eigenvalue weighted by atomic mass is 35.5. The summed E-state index contributed by atoms with van der Waals surface area (Å²) in [5.41, 5.74) is 2.16. The first-order valence-electron chi connectivity index (χ1n) is 7.00. The van der Waals surface area contributed by atoms with Crippen molar-refractivity contribution in [3.05, 3.63) is 28.8 Å². The van der Waals surface area contributed by atoms with Gasteiger partial charge in [-0.3, -0.25) is 4.79 Å². The Morgan fingerprint density at radius 1 is 1.40 bits per heavy atom. The largest absolute Gasteiger partial charge is 0.373 e. The van der Waals surface area contributed by atoms with E-state index in [1.54, 1.807) is 7.05 Å². The Kier molecular flexibility index (Phi) is 7.41. The third kappa shape index (κ3) is 5.02. The number of nitrogens with one attached hydrogen (secondary N) is 2. The summed E-state index contributed by atoms with van der Waals surface area (Å²) in [7, 11) is 3.62. The number of carbonyl (C=O) groups is 1. The van der Waals surface area contributed by atoms with Crippen molar-refractivity contribution < 1.29 is 4.79 Å². The third-order valence-corrected chi connectivity index (χ3v) is 3.45. The Hall–Kier alpha value is -1.26. The van der Waals surface area contributed by atoms with E-state index < -0.39 is 0 Å². The van der Waals surface area contributed by atoms with Crippen LogP contribution in [0.1, 0.15) is 25.3 Å². The van der Waals surface area contributed by atoms with Crippen LogP contribution in [-0.4, -0.2) is 33.1 Å². The monoisotopic (exact) mass is 297 g/mol. The second kappa shape index (κ2) is 8.82. The van der Waals surface area contributed by atoms with Crippen LogP contribution >= 0.6 is 11.6 Å². The lowest BCUT2D eigenvalue weighted by atomic mass is 10.1. The molecule has 0 aromatic heterocycles. The van der Waals surface area contributed by atoms with E-state index in [-0.39, 0.29) is 5.91 Å². The number of halogens is 1. The molecule has 1 aromatic rings. The summed E-state index contributed by atoms with van der Waals surface area (Å²) < 4.78 is 0. The molecule has 0 heterocycles. The van der Waals surface area contributed by atoms with Crippen LogP contribution in [0.15, 0.2) is 18.2 Å². The van der Waals surface area contributed by atoms with Crippen molar-refractivity contribution >= 4 is 23.2 Å². The van der Waals surface area contributed by atoms with E-state index in [9.17, 15) is 4.79 Å². The minimum Gasteiger partial charge on any atom is -0.373 e. The standard InChI is InChI=1S/C15H24ClN3O/c1-4-9-18-11-12-6-5-7-13(16)15(12)19(3)10-8-14(20)17-2/h5-7,18H,4,8-11H2,1-3H3,(H,17,20). The predicted octanol–water partition coefficient (Wildman–Crippen LogP) is 2.41. The van der Waals surface area contributed by atoms with Crippen LogP contribution in [0.5, 0.6) is 0 Å². The lowest BCUT2D eigenvalue weighted by molar-refractivity contribution is -0.120. The molecule has 1 aromatic carbocycles. The zero-order valence-corrected chi connectivity index (χ0v) is 13.3. The van der Waals surface area contributed by atoms with Gasteiger partial charge in [0.25, 0.3) is 0 Å². The Morgan fingerprint density at radius 2 is 2.15 bits per heavy atom. The first-order valence-corrected chi connectivity index (χ1v) is 7.37. The average Bonchev–Trinajstić information content (AvgIpc) is 2.44. The second-order valence-corrected chi connectivity index (χ2v) is 5.18. The molecule has 0 aliphatic rings. The van der Waals surface area contributed by atoms with Gasteiger partial charge in [-0.1, -0.05) is 30.7 Å². The highest BCUT2D eigenvalue weighted by Gasteiger charge is 2.12. The van der Waals surface area contributed by atoms with Crippen LogP contribution in [0.3, 0.4) is 0 Å². The second-order valence-electron chi connectivity index (χ2n) is 4.77. The molecule has 0 saturated heterocycles. The van der Waals surface area contributed by atoms with E-state index in [0.717, 1.165) is 35.8 Å². The van der Waals surface area contributed by atoms with Crippen molar-refractivity contribution in [3.8, 4) is 0 Å². The summed E-state index contributed by atoms with van der Waals surface area (Å²) in [5.74, 6) is 0.0366. The maximum Gasteiger partial charge on any atom is 0.221 e. The van der Waals surface area contributed by atoms with Crippen molar-refractivity contribution in [2.75, 3.05) is 32.1 Å². The summed E-state index contributed by atoms with van der Waals surface area (Å²) in [4.78, 5) is 13.4. The Labute approximate surface area is 126 Å². The molecule has 0 atom stereocenters. The SMILES string of the molecule is CCCNCc1cccc(Cl)c1N(C)CCC(=O)NC. The summed E-state index contributed by atoms with van der Waals surface area (Å²) >= 11 is 6.32. The van der Waals surface area contributed by atoms with Gasteiger partial charge in [-0.25, -0.2) is 0 Å². The van der Waals surface area contributed by atoms with Gasteiger partial charge in [0.05, 0.1) is 10.7 Å². The molecule has 0 fully saturated rings. The quantitative estimate of drug-likeness (QED) is 0.724. The van der Waals surface area contributed by atoms with Gasteiger partial charge >= 0.3 is 0 Å². The fraction of sp³-hybridized carbons (Fsp3) is 0.533. The molecule has 20 heavy (non-hydrogen) atoms. The van der Waals surface area contributed by atoms with E-state index in [1.165, 1.54) is 0 Å². The molecule has 112 valence electrons. The molecular weight excluding hydrogens is 274 g/mol. The van der Waals surface area contributed by atoms with Gasteiger partial charge in [0, 0.05) is 33.6 Å². The van der Waals surface area contributed by atoms with Crippen LogP contribution in [0.25, 0.3) is 0 Å². The molecule has 4 nitrogen and oxygen atoms in total. The molecular formula is C15H24ClN3O. The van der Waals surface area contributed by atoms with Crippen LogP contribution < -0.4 is 15.5 Å². The molecule has 0 bridgehead atoms. The number of hydrogen-bond donors (Lipinski definition) is 2. The van der Waals surface area contributed by atoms with E-state index in [4.69, 9.17) is 11.6 Å². The molecule has 0 aliphatic carbocycles. The Bertz CT molecular complexity index is 437. The topological polar surface area (TPSA) is 44.4 Å². The molecule has 0 spiro atoms. The van der Waals surface area contributed by atoms with E-state index in [0.29, 0.717) is 13.0 Å². The molecule has 0 unspecified atom stereocenters. The summed E-state index contributed by atoms with van der Waals surface area (Å²) in [5, 5.41) is 6.74. The third-order valence-electron chi connectivity index (χ3n) is 3.15. The maximum atomic E-state index is 11.3. The minimum atomic E-state index is 0.0366. The molecule has 0 saturated carbocycles. The van der Waals surface area contributed by atoms with E-state index in [2.05, 4.69) is 23.6 Å². The molecule has 2 N–H and O–H groups in total. The first kappa shape index (κ1) is 16.8. The zero-order chi connectivity index (χ0) is 15.0. The highest BCUT2D eigenvalue weighted by molar-refractivity contribution is 6.33. The zero-order valence-electron chi connectivity index (χ0n) is 12.5. The smallest absolute Gasteiger partial charge is 0.221 e. The molecule has 1 amide bonds. The average molecular weight is 298 g/mol. The Balaban J connectivity index is 2.77. The summed E-state index contributed by atoms with van der Waals surface area (Å²) in [6, 6.07) is 5.91. The summed E-state index contributed by atoms with van der Waals surface area (Å²) in [6.07, 6.45) is 1.56. The van der Waals surface area contributed by atoms with Gasteiger partial charge in [-0.15, -0.1) is 0 Å². The van der Waals surface area contributed by atoms with Gasteiger partial charge in [-0.05, 0) is 24.6 Å². The van der Waals surface area contributed by atoms with Crippen molar-refractivity contribution in [2.24, 2.45) is 0 Å². The van der Waals surface area contributed by atoms with Crippen LogP contribution in [-0.2, 0) is 11.3 Å². The van der Waals surface area contributed by atoms with Crippen molar-refractivity contribution in [1.29, 1.82) is 0 Å². The number of carbonyl (C=O) groups excluding carboxylic acids is 1. The van der Waals surface area contributed by atoms with Crippen molar-refractivity contribution in [2.45, 2.75) is 26.3 Å². The number of amides is 1. The fourth-order valence-electron chi connectivity index (χ4n) is 2.04. The molecule has 0 radical (unpaired) electrons. The van der Waals surface area contributed by atoms with Gasteiger partial charge < -0.3 is 15.5 Å². The lowest BCUT2D eigenvalue weighted by Crippen LogP contribution is -2.27. The highest BCUT2D eigenvalue weighted by Crippen LogP contribution is 2.29. The van der Waals surface area contributed by atoms with E-state index >= 15 is 0 Å². The lowest BCUT2D eigenvalue weighted by Gasteiger charge is -2.23. The van der Waals surface area contributed by atoms with E-state index in [1.807, 2.05) is 24.1 Å². The number of para-hydroxylation sites is 1. The van der Waals surface area contributed by atoms with Crippen LogP contribution in [0.4, 0.5) is 5.69 Å². The predicted molar refractivity (Wildman–Crippen MR) is 85.4 cm³/mol. The van der Waals surface area contributed by atoms with Crippen LogP contribution in [0.2, 0.25) is 5.02 Å². The van der Waals surface area contributed by atoms with Gasteiger partial charge in [0.15, 0.2) is 0 Å². The fourth-order valence-corrected chi connectivity index (χ4v) is 2.37. The molecule has 0 aliphatic heterocycles. The maximum absolute atomic E-state index is 11.3. The van der Waals surface area contributed by atoms with Gasteiger partial charge in [0.1, 0.15) is 0 Å². The first-order chi connectivity index (χ1) is 9.60. The minimum absolute atomic E-state index is 0.0366. The van der Waals surface area contributed by atoms with Crippen LogP contribution in [0, 0.1) is 0 Å². The Morgan fingerprint density at radius 3 is 2.80 bits per heavy atom. The van der Waals surface area contributed by atoms with Gasteiger partial charge in [-0.2, -0.15) is 0 Å². The number of nitrogens with zero attached hydrogens (tertiary/aromatic N) is 1. The normalized spacial score (nSPS) is 10.4. The number of anilines is 1. The molecule has 1 rings (SSSR count). The van der Waals surface area contributed by atoms with Crippen molar-refractivity contribution in [1.82, 2.24) is 10.6 Å². The van der Waals surface area contributed by atoms with Crippen molar-refractivity contribution in [3.63, 3.8) is 0 Å².